The largest absolute Gasteiger partial charge is 0.434 e. The van der Waals surface area contributed by atoms with Crippen LogP contribution in [0.15, 0.2) is 29.6 Å². The number of halogens is 3. The van der Waals surface area contributed by atoms with E-state index < -0.39 is 6.61 Å². The number of benzene rings is 1. The summed E-state index contributed by atoms with van der Waals surface area (Å²) < 4.78 is 29.1. The smallest absolute Gasteiger partial charge is 0.387 e. The molecule has 0 aliphatic rings. The van der Waals surface area contributed by atoms with Gasteiger partial charge in [0.05, 0.1) is 5.69 Å². The Morgan fingerprint density at radius 2 is 2.11 bits per heavy atom. The maximum absolute atomic E-state index is 12.3. The molecule has 0 aliphatic carbocycles. The highest BCUT2D eigenvalue weighted by Gasteiger charge is 2.12. The molecule has 1 heterocycles. The van der Waals surface area contributed by atoms with Crippen molar-refractivity contribution in [2.45, 2.75) is 13.2 Å². The van der Waals surface area contributed by atoms with Gasteiger partial charge >= 0.3 is 6.61 Å². The Bertz CT molecular complexity index is 522. The van der Waals surface area contributed by atoms with E-state index >= 15 is 0 Å². The van der Waals surface area contributed by atoms with Crippen molar-refractivity contribution in [1.82, 2.24) is 10.3 Å². The van der Waals surface area contributed by atoms with Crippen LogP contribution >= 0.6 is 23.7 Å². The average Bonchev–Trinajstić information content (AvgIpc) is 2.78. The van der Waals surface area contributed by atoms with Crippen LogP contribution in [0.5, 0.6) is 5.75 Å². The molecular weight excluding hydrogens is 294 g/mol. The second kappa shape index (κ2) is 7.37. The summed E-state index contributed by atoms with van der Waals surface area (Å²) in [6.45, 7) is -2.18. The fraction of sp³-hybridized carbons (Fsp3) is 0.250. The zero-order valence-corrected chi connectivity index (χ0v) is 11.7. The van der Waals surface area contributed by atoms with Gasteiger partial charge < -0.3 is 10.1 Å². The molecule has 104 valence electrons. The van der Waals surface area contributed by atoms with Gasteiger partial charge in [-0.2, -0.15) is 8.78 Å². The highest BCUT2D eigenvalue weighted by Crippen LogP contribution is 2.31. The van der Waals surface area contributed by atoms with E-state index in [0.29, 0.717) is 17.8 Å². The summed E-state index contributed by atoms with van der Waals surface area (Å²) in [4.78, 5) is 4.37. The minimum atomic E-state index is -2.83. The molecule has 19 heavy (non-hydrogen) atoms. The molecule has 0 fully saturated rings. The Labute approximate surface area is 120 Å². The predicted molar refractivity (Wildman–Crippen MR) is 74.2 cm³/mol. The third-order valence-electron chi connectivity index (χ3n) is 2.26. The third-order valence-corrected chi connectivity index (χ3v) is 3.11. The Balaban J connectivity index is 0.00000180. The summed E-state index contributed by atoms with van der Waals surface area (Å²) in [5.74, 6) is 0.147. The van der Waals surface area contributed by atoms with Gasteiger partial charge in [-0.15, -0.1) is 23.7 Å². The van der Waals surface area contributed by atoms with E-state index in [9.17, 15) is 8.78 Å². The lowest BCUT2D eigenvalue weighted by molar-refractivity contribution is -0.0494. The summed E-state index contributed by atoms with van der Waals surface area (Å²) in [7, 11) is 1.83. The van der Waals surface area contributed by atoms with E-state index in [0.717, 1.165) is 5.01 Å². The van der Waals surface area contributed by atoms with Crippen molar-refractivity contribution < 1.29 is 13.5 Å². The van der Waals surface area contributed by atoms with Crippen LogP contribution in [0.25, 0.3) is 11.3 Å². The Morgan fingerprint density at radius 3 is 2.79 bits per heavy atom. The number of alkyl halides is 2. The molecule has 3 nitrogen and oxygen atoms in total. The van der Waals surface area contributed by atoms with Gasteiger partial charge in [-0.3, -0.25) is 0 Å². The second-order valence-corrected chi connectivity index (χ2v) is 4.47. The third kappa shape index (κ3) is 4.12. The van der Waals surface area contributed by atoms with E-state index in [2.05, 4.69) is 15.0 Å². The standard InChI is InChI=1S/C12H12F2N2OS.ClH/c1-15-6-11-16-9(7-18-11)8-4-2-3-5-10(8)17-12(13)14;/h2-5,7,12,15H,6H2,1H3;1H. The SMILES string of the molecule is CNCc1nc(-c2ccccc2OC(F)F)cs1.Cl. The summed E-state index contributed by atoms with van der Waals surface area (Å²) in [6, 6.07) is 6.65. The molecule has 7 heteroatoms. The second-order valence-electron chi connectivity index (χ2n) is 3.53. The first-order valence-electron chi connectivity index (χ1n) is 5.34. The number of hydrogen-bond donors (Lipinski definition) is 1. The summed E-state index contributed by atoms with van der Waals surface area (Å²) in [5, 5.41) is 5.73. The maximum atomic E-state index is 12.3. The first kappa shape index (κ1) is 15.8. The van der Waals surface area contributed by atoms with Gasteiger partial charge in [-0.25, -0.2) is 4.98 Å². The van der Waals surface area contributed by atoms with Gasteiger partial charge in [0.1, 0.15) is 10.8 Å². The van der Waals surface area contributed by atoms with Crippen LogP contribution in [-0.4, -0.2) is 18.6 Å². The van der Waals surface area contributed by atoms with Crippen LogP contribution < -0.4 is 10.1 Å². The number of ether oxygens (including phenoxy) is 1. The number of rotatable bonds is 5. The molecule has 0 amide bonds. The van der Waals surface area contributed by atoms with Crippen LogP contribution in [0.4, 0.5) is 8.78 Å². The van der Waals surface area contributed by atoms with Gasteiger partial charge in [0.25, 0.3) is 0 Å². The molecule has 1 aromatic carbocycles. The minimum absolute atomic E-state index is 0. The fourth-order valence-electron chi connectivity index (χ4n) is 1.54. The molecule has 0 saturated heterocycles. The van der Waals surface area contributed by atoms with Crippen LogP contribution in [0.3, 0.4) is 0 Å². The van der Waals surface area contributed by atoms with Crippen LogP contribution in [0, 0.1) is 0 Å². The molecule has 0 radical (unpaired) electrons. The van der Waals surface area contributed by atoms with E-state index in [1.165, 1.54) is 17.4 Å². The fourth-order valence-corrected chi connectivity index (χ4v) is 2.35. The molecule has 0 aliphatic heterocycles. The monoisotopic (exact) mass is 306 g/mol. The zero-order valence-electron chi connectivity index (χ0n) is 10.1. The lowest BCUT2D eigenvalue weighted by Gasteiger charge is -2.08. The molecule has 0 atom stereocenters. The van der Waals surface area contributed by atoms with Crippen molar-refractivity contribution >= 4 is 23.7 Å². The number of hydrogen-bond acceptors (Lipinski definition) is 4. The van der Waals surface area contributed by atoms with Crippen molar-refractivity contribution in [2.75, 3.05) is 7.05 Å². The lowest BCUT2D eigenvalue weighted by Crippen LogP contribution is -2.04. The summed E-state index contributed by atoms with van der Waals surface area (Å²) in [6.07, 6.45) is 0. The number of para-hydroxylation sites is 1. The van der Waals surface area contributed by atoms with Crippen molar-refractivity contribution in [3.05, 3.63) is 34.7 Å². The normalized spacial score (nSPS) is 10.3. The minimum Gasteiger partial charge on any atom is -0.434 e. The Kier molecular flexibility index (Phi) is 6.14. The van der Waals surface area contributed by atoms with Gasteiger partial charge in [0.15, 0.2) is 0 Å². The first-order valence-corrected chi connectivity index (χ1v) is 6.22. The van der Waals surface area contributed by atoms with Crippen molar-refractivity contribution in [3.63, 3.8) is 0 Å². The van der Waals surface area contributed by atoms with Crippen molar-refractivity contribution in [1.29, 1.82) is 0 Å². The van der Waals surface area contributed by atoms with Crippen LogP contribution in [-0.2, 0) is 6.54 Å². The summed E-state index contributed by atoms with van der Waals surface area (Å²) in [5.41, 5.74) is 1.23. The molecular formula is C12H13ClF2N2OS. The van der Waals surface area contributed by atoms with Gasteiger partial charge in [-0.1, -0.05) is 12.1 Å². The first-order chi connectivity index (χ1) is 8.70. The lowest BCUT2D eigenvalue weighted by atomic mass is 10.1. The Morgan fingerprint density at radius 1 is 1.37 bits per heavy atom. The number of nitrogens with one attached hydrogen (secondary N) is 1. The topological polar surface area (TPSA) is 34.2 Å². The van der Waals surface area contributed by atoms with E-state index in [4.69, 9.17) is 0 Å². The number of aromatic nitrogens is 1. The number of thiazole rings is 1. The zero-order chi connectivity index (χ0) is 13.0. The molecule has 0 bridgehead atoms. The van der Waals surface area contributed by atoms with E-state index in [1.54, 1.807) is 18.2 Å². The molecule has 0 unspecified atom stereocenters. The van der Waals surface area contributed by atoms with Crippen molar-refractivity contribution in [3.8, 4) is 17.0 Å². The Hall–Kier alpha value is -1.24. The highest BCUT2D eigenvalue weighted by atomic mass is 35.5. The molecule has 2 rings (SSSR count). The van der Waals surface area contributed by atoms with E-state index in [1.807, 2.05) is 12.4 Å². The maximum Gasteiger partial charge on any atom is 0.387 e. The van der Waals surface area contributed by atoms with Gasteiger partial charge in [0.2, 0.25) is 0 Å². The molecule has 2 aromatic rings. The molecule has 0 spiro atoms. The quantitative estimate of drug-likeness (QED) is 0.917. The highest BCUT2D eigenvalue weighted by molar-refractivity contribution is 7.09. The molecule has 0 saturated carbocycles. The van der Waals surface area contributed by atoms with Gasteiger partial charge in [0, 0.05) is 17.5 Å². The van der Waals surface area contributed by atoms with E-state index in [-0.39, 0.29) is 18.2 Å². The van der Waals surface area contributed by atoms with Crippen LogP contribution in [0.2, 0.25) is 0 Å². The molecule has 1 aromatic heterocycles. The average molecular weight is 307 g/mol. The van der Waals surface area contributed by atoms with Crippen molar-refractivity contribution in [2.24, 2.45) is 0 Å². The van der Waals surface area contributed by atoms with Crippen LogP contribution in [0.1, 0.15) is 5.01 Å². The predicted octanol–water partition coefficient (Wildman–Crippen LogP) is 3.55. The molecule has 1 N–H and O–H groups in total. The summed E-state index contributed by atoms with van der Waals surface area (Å²) >= 11 is 1.48. The number of nitrogens with zero attached hydrogens (tertiary/aromatic N) is 1. The van der Waals surface area contributed by atoms with Gasteiger partial charge in [-0.05, 0) is 19.2 Å².